The molecule has 9 rings (SSSR count). The van der Waals surface area contributed by atoms with Crippen molar-refractivity contribution in [2.75, 3.05) is 0 Å². The van der Waals surface area contributed by atoms with Crippen molar-refractivity contribution < 1.29 is 8.42 Å². The normalized spacial score (nSPS) is 15.5. The van der Waals surface area contributed by atoms with Crippen molar-refractivity contribution in [1.82, 2.24) is 9.13 Å². The average Bonchev–Trinajstić information content (AvgIpc) is 3.71. The predicted molar refractivity (Wildman–Crippen MR) is 186 cm³/mol. The molecule has 45 heavy (non-hydrogen) atoms. The standard InChI is InChI=1S/C40H28N2O2S/c43-45(44)39(27-17-21-29(22-18-27)41-35-13-5-1-9-31(35)32-10-2-6-14-36(32)41)25-26-40(45)28-19-23-30(24-20-28)42-37-15-7-3-11-33(37)34-12-4-8-16-38(34)42/h1-3,5-11,13-26H,4,12H2. The largest absolute Gasteiger partial charge is 0.310 e. The Morgan fingerprint density at radius 2 is 0.978 bits per heavy atom. The van der Waals surface area contributed by atoms with Gasteiger partial charge >= 0.3 is 0 Å². The van der Waals surface area contributed by atoms with Gasteiger partial charge in [0.1, 0.15) is 0 Å². The van der Waals surface area contributed by atoms with Crippen LogP contribution in [0.5, 0.6) is 0 Å². The van der Waals surface area contributed by atoms with Crippen LogP contribution in [0.25, 0.3) is 60.0 Å². The third-order valence-electron chi connectivity index (χ3n) is 9.22. The maximum Gasteiger partial charge on any atom is 0.207 e. The van der Waals surface area contributed by atoms with Gasteiger partial charge in [-0.15, -0.1) is 0 Å². The van der Waals surface area contributed by atoms with Crippen LogP contribution in [0.15, 0.2) is 140 Å². The highest BCUT2D eigenvalue weighted by Gasteiger charge is 2.30. The van der Waals surface area contributed by atoms with E-state index in [0.29, 0.717) is 20.9 Å². The van der Waals surface area contributed by atoms with E-state index in [1.165, 1.54) is 32.9 Å². The highest BCUT2D eigenvalue weighted by Crippen LogP contribution is 2.40. The topological polar surface area (TPSA) is 44.0 Å². The number of aromatic nitrogens is 2. The number of benzene rings is 5. The van der Waals surface area contributed by atoms with Crippen LogP contribution in [-0.2, 0) is 16.3 Å². The molecule has 5 heteroatoms. The van der Waals surface area contributed by atoms with Crippen LogP contribution in [0.1, 0.15) is 28.8 Å². The minimum atomic E-state index is -3.69. The summed E-state index contributed by atoms with van der Waals surface area (Å²) >= 11 is 0. The number of hydrogen-bond donors (Lipinski definition) is 0. The number of fused-ring (bicyclic) bond motifs is 6. The molecule has 3 heterocycles. The van der Waals surface area contributed by atoms with Crippen molar-refractivity contribution >= 4 is 58.4 Å². The fourth-order valence-electron chi connectivity index (χ4n) is 7.17. The molecular formula is C40H28N2O2S. The van der Waals surface area contributed by atoms with Crippen molar-refractivity contribution in [1.29, 1.82) is 0 Å². The van der Waals surface area contributed by atoms with E-state index in [4.69, 9.17) is 0 Å². The molecule has 0 amide bonds. The number of rotatable bonds is 4. The van der Waals surface area contributed by atoms with Crippen molar-refractivity contribution in [3.8, 4) is 11.4 Å². The number of sulfone groups is 1. The van der Waals surface area contributed by atoms with Crippen molar-refractivity contribution in [3.63, 3.8) is 0 Å². The summed E-state index contributed by atoms with van der Waals surface area (Å²) in [6, 6.07) is 41.0. The summed E-state index contributed by atoms with van der Waals surface area (Å²) in [5.74, 6) is 0. The molecule has 5 aromatic carbocycles. The fourth-order valence-corrected chi connectivity index (χ4v) is 8.79. The second kappa shape index (κ2) is 9.81. The first-order valence-electron chi connectivity index (χ1n) is 15.3. The van der Waals surface area contributed by atoms with Gasteiger partial charge in [0.05, 0.1) is 26.4 Å². The zero-order chi connectivity index (χ0) is 30.1. The van der Waals surface area contributed by atoms with Crippen molar-refractivity contribution in [3.05, 3.63) is 162 Å². The molecule has 0 N–H and O–H groups in total. The predicted octanol–water partition coefficient (Wildman–Crippen LogP) is 9.50. The van der Waals surface area contributed by atoms with Gasteiger partial charge in [-0.05, 0) is 90.2 Å². The van der Waals surface area contributed by atoms with E-state index >= 15 is 0 Å². The maximum absolute atomic E-state index is 13.9. The van der Waals surface area contributed by atoms with Gasteiger partial charge in [-0.1, -0.05) is 84.9 Å². The van der Waals surface area contributed by atoms with Gasteiger partial charge in [-0.3, -0.25) is 0 Å². The van der Waals surface area contributed by atoms with Gasteiger partial charge < -0.3 is 9.13 Å². The van der Waals surface area contributed by atoms with Crippen LogP contribution in [0.2, 0.25) is 0 Å². The zero-order valence-electron chi connectivity index (χ0n) is 24.4. The minimum absolute atomic E-state index is 0.325. The Labute approximate surface area is 261 Å². The first-order valence-corrected chi connectivity index (χ1v) is 16.7. The molecule has 0 unspecified atom stereocenters. The smallest absolute Gasteiger partial charge is 0.207 e. The fraction of sp³-hybridized carbons (Fsp3) is 0.0500. The zero-order valence-corrected chi connectivity index (χ0v) is 25.2. The number of allylic oxidation sites excluding steroid dienone is 3. The molecule has 2 aromatic heterocycles. The molecule has 2 aliphatic rings. The number of hydrogen-bond acceptors (Lipinski definition) is 2. The van der Waals surface area contributed by atoms with Crippen LogP contribution in [0.4, 0.5) is 0 Å². The molecule has 7 aromatic rings. The van der Waals surface area contributed by atoms with E-state index in [9.17, 15) is 8.42 Å². The van der Waals surface area contributed by atoms with E-state index in [0.717, 1.165) is 35.2 Å². The van der Waals surface area contributed by atoms with Crippen molar-refractivity contribution in [2.24, 2.45) is 0 Å². The Morgan fingerprint density at radius 3 is 1.53 bits per heavy atom. The van der Waals surface area contributed by atoms with Gasteiger partial charge in [0.25, 0.3) is 0 Å². The Kier molecular flexibility index (Phi) is 5.68. The van der Waals surface area contributed by atoms with Gasteiger partial charge in [-0.25, -0.2) is 8.42 Å². The Balaban J connectivity index is 1.03. The number of para-hydroxylation sites is 3. The minimum Gasteiger partial charge on any atom is -0.310 e. The van der Waals surface area contributed by atoms with Crippen LogP contribution in [0, 0.1) is 0 Å². The second-order valence-corrected chi connectivity index (χ2v) is 13.6. The molecule has 0 spiro atoms. The van der Waals surface area contributed by atoms with Gasteiger partial charge in [0.2, 0.25) is 9.84 Å². The molecule has 216 valence electrons. The van der Waals surface area contributed by atoms with Crippen LogP contribution in [-0.4, -0.2) is 17.6 Å². The maximum atomic E-state index is 13.9. The van der Waals surface area contributed by atoms with Crippen LogP contribution >= 0.6 is 0 Å². The van der Waals surface area contributed by atoms with Gasteiger partial charge in [-0.2, -0.15) is 0 Å². The van der Waals surface area contributed by atoms with E-state index in [1.54, 1.807) is 12.2 Å². The van der Waals surface area contributed by atoms with Gasteiger partial charge in [0, 0.05) is 33.2 Å². The third kappa shape index (κ3) is 3.87. The quantitative estimate of drug-likeness (QED) is 0.202. The summed E-state index contributed by atoms with van der Waals surface area (Å²) in [4.78, 5) is 0.653. The van der Waals surface area contributed by atoms with Crippen molar-refractivity contribution in [2.45, 2.75) is 12.8 Å². The second-order valence-electron chi connectivity index (χ2n) is 11.7. The molecule has 0 saturated heterocycles. The van der Waals surface area contributed by atoms with Crippen LogP contribution in [0.3, 0.4) is 0 Å². The molecule has 0 bridgehead atoms. The van der Waals surface area contributed by atoms with E-state index in [2.05, 4.69) is 81.9 Å². The summed E-state index contributed by atoms with van der Waals surface area (Å²) in [5, 5.41) is 3.67. The first-order chi connectivity index (χ1) is 22.1. The molecule has 0 radical (unpaired) electrons. The van der Waals surface area contributed by atoms with E-state index < -0.39 is 9.84 Å². The molecule has 0 atom stereocenters. The van der Waals surface area contributed by atoms with E-state index in [-0.39, 0.29) is 0 Å². The number of aryl methyl sites for hydroxylation is 1. The average molecular weight is 601 g/mol. The lowest BCUT2D eigenvalue weighted by Crippen LogP contribution is -2.04. The molecular weight excluding hydrogens is 573 g/mol. The van der Waals surface area contributed by atoms with E-state index in [1.807, 2.05) is 60.7 Å². The summed E-state index contributed by atoms with van der Waals surface area (Å²) in [6.45, 7) is 0. The molecule has 0 saturated carbocycles. The van der Waals surface area contributed by atoms with Crippen LogP contribution < -0.4 is 0 Å². The Bertz CT molecular complexity index is 2470. The lowest BCUT2D eigenvalue weighted by atomic mass is 10.0. The molecule has 1 aliphatic carbocycles. The Hall–Kier alpha value is -5.39. The molecule has 4 nitrogen and oxygen atoms in total. The Morgan fingerprint density at radius 1 is 0.511 bits per heavy atom. The summed E-state index contributed by atoms with van der Waals surface area (Å²) in [5.41, 5.74) is 9.37. The van der Waals surface area contributed by atoms with Gasteiger partial charge in [0.15, 0.2) is 0 Å². The highest BCUT2D eigenvalue weighted by atomic mass is 32.2. The molecule has 0 fully saturated rings. The lowest BCUT2D eigenvalue weighted by Gasteiger charge is -2.13. The monoisotopic (exact) mass is 600 g/mol. The highest BCUT2D eigenvalue weighted by molar-refractivity contribution is 8.09. The molecule has 1 aliphatic heterocycles. The summed E-state index contributed by atoms with van der Waals surface area (Å²) < 4.78 is 32.3. The summed E-state index contributed by atoms with van der Waals surface area (Å²) in [6.07, 6.45) is 9.97. The SMILES string of the molecule is O=S1(=O)C(c2ccc(-n3c4c(c5ccccc53)CCC=C4)cc2)=CC=C1c1ccc(-n2c3ccccc3c3ccccc32)cc1. The first kappa shape index (κ1) is 26.1. The lowest BCUT2D eigenvalue weighted by molar-refractivity contribution is 0.615. The number of nitrogens with zero attached hydrogens (tertiary/aromatic N) is 2. The summed E-state index contributed by atoms with van der Waals surface area (Å²) in [7, 11) is -3.69. The third-order valence-corrected chi connectivity index (χ3v) is 11.1.